The van der Waals surface area contributed by atoms with Crippen molar-refractivity contribution in [3.63, 3.8) is 0 Å². The third kappa shape index (κ3) is 4.44. The molecule has 2 heterocycles. The van der Waals surface area contributed by atoms with Gasteiger partial charge in [0.1, 0.15) is 0 Å². The Labute approximate surface area is 179 Å². The molecule has 1 amide bonds. The average molecular weight is 400 g/mol. The minimum Gasteiger partial charge on any atom is -0.359 e. The van der Waals surface area contributed by atoms with Gasteiger partial charge in [0.25, 0.3) is 0 Å². The number of nitrogens with zero attached hydrogens (tertiary/aromatic N) is 2. The van der Waals surface area contributed by atoms with Crippen LogP contribution in [0.3, 0.4) is 0 Å². The smallest absolute Gasteiger partial charge is 0.227 e. The van der Waals surface area contributed by atoms with Crippen LogP contribution in [0.5, 0.6) is 0 Å². The molecule has 2 aromatic carbocycles. The molecule has 0 unspecified atom stereocenters. The molecule has 0 spiro atoms. The second-order valence-corrected chi connectivity index (χ2v) is 8.33. The van der Waals surface area contributed by atoms with Gasteiger partial charge in [-0.3, -0.25) is 14.7 Å². The van der Waals surface area contributed by atoms with E-state index in [1.54, 1.807) is 7.05 Å². The van der Waals surface area contributed by atoms with Crippen LogP contribution < -0.4 is 5.32 Å². The van der Waals surface area contributed by atoms with Gasteiger partial charge in [-0.1, -0.05) is 60.7 Å². The van der Waals surface area contributed by atoms with E-state index in [4.69, 9.17) is 0 Å². The van der Waals surface area contributed by atoms with Crippen molar-refractivity contribution in [3.05, 3.63) is 89.7 Å². The van der Waals surface area contributed by atoms with Gasteiger partial charge >= 0.3 is 0 Å². The van der Waals surface area contributed by atoms with Crippen LogP contribution in [-0.2, 0) is 17.8 Å². The number of aromatic nitrogens is 1. The molecule has 1 atom stereocenters. The summed E-state index contributed by atoms with van der Waals surface area (Å²) in [5.74, 6) is 0.134. The second kappa shape index (κ2) is 8.80. The summed E-state index contributed by atoms with van der Waals surface area (Å²) >= 11 is 0. The number of hydrogen-bond acceptors (Lipinski definition) is 3. The molecular weight excluding hydrogens is 370 g/mol. The maximum absolute atomic E-state index is 12.9. The lowest BCUT2D eigenvalue weighted by Crippen LogP contribution is -2.43. The maximum atomic E-state index is 12.9. The number of hydrogen-bond donors (Lipinski definition) is 1. The van der Waals surface area contributed by atoms with Crippen LogP contribution in [0.15, 0.2) is 72.8 Å². The van der Waals surface area contributed by atoms with Gasteiger partial charge in [0, 0.05) is 25.8 Å². The fourth-order valence-corrected chi connectivity index (χ4v) is 4.52. The summed E-state index contributed by atoms with van der Waals surface area (Å²) < 4.78 is 0. The number of benzene rings is 2. The van der Waals surface area contributed by atoms with Crippen molar-refractivity contribution in [2.24, 2.45) is 5.41 Å². The minimum absolute atomic E-state index is 0.134. The van der Waals surface area contributed by atoms with E-state index in [-0.39, 0.29) is 5.91 Å². The van der Waals surface area contributed by atoms with Gasteiger partial charge in [0.05, 0.1) is 11.1 Å². The summed E-state index contributed by atoms with van der Waals surface area (Å²) in [6.45, 7) is 4.46. The topological polar surface area (TPSA) is 45.2 Å². The number of carbonyl (C=O) groups excluding carboxylic acids is 1. The Morgan fingerprint density at radius 2 is 1.73 bits per heavy atom. The van der Waals surface area contributed by atoms with Gasteiger partial charge in [-0.25, -0.2) is 0 Å². The first kappa shape index (κ1) is 20.3. The van der Waals surface area contributed by atoms with Crippen LogP contribution >= 0.6 is 0 Å². The van der Waals surface area contributed by atoms with Crippen LogP contribution in [0.25, 0.3) is 11.1 Å². The molecule has 154 valence electrons. The first-order valence-electron chi connectivity index (χ1n) is 10.6. The fraction of sp³-hybridized carbons (Fsp3) is 0.308. The van der Waals surface area contributed by atoms with Crippen molar-refractivity contribution >= 4 is 5.91 Å². The first-order chi connectivity index (χ1) is 14.6. The number of nitrogens with one attached hydrogen (secondary N) is 1. The molecule has 4 rings (SSSR count). The van der Waals surface area contributed by atoms with E-state index in [0.717, 1.165) is 43.9 Å². The van der Waals surface area contributed by atoms with Crippen molar-refractivity contribution in [2.75, 3.05) is 20.1 Å². The van der Waals surface area contributed by atoms with Gasteiger partial charge < -0.3 is 5.32 Å². The Bertz CT molecular complexity index is 1000. The lowest BCUT2D eigenvalue weighted by molar-refractivity contribution is -0.130. The highest BCUT2D eigenvalue weighted by atomic mass is 16.2. The molecule has 1 aliphatic rings. The average Bonchev–Trinajstić information content (AvgIpc) is 3.18. The number of amides is 1. The van der Waals surface area contributed by atoms with Crippen LogP contribution in [0, 0.1) is 12.3 Å². The van der Waals surface area contributed by atoms with Gasteiger partial charge in [-0.05, 0) is 55.1 Å². The van der Waals surface area contributed by atoms with E-state index in [2.05, 4.69) is 69.8 Å². The number of rotatable bonds is 6. The van der Waals surface area contributed by atoms with Crippen molar-refractivity contribution in [1.82, 2.24) is 15.2 Å². The largest absolute Gasteiger partial charge is 0.359 e. The van der Waals surface area contributed by atoms with E-state index in [1.807, 2.05) is 25.1 Å². The second-order valence-electron chi connectivity index (χ2n) is 8.33. The van der Waals surface area contributed by atoms with Crippen molar-refractivity contribution in [3.8, 4) is 11.1 Å². The van der Waals surface area contributed by atoms with E-state index in [9.17, 15) is 4.79 Å². The van der Waals surface area contributed by atoms with E-state index < -0.39 is 5.41 Å². The molecule has 1 fully saturated rings. The number of pyridine rings is 1. The SMILES string of the molecule is CNC(=O)[C@]1(Cc2ccc(-c3ccccc3)cc2)CCN(Cc2cccc(C)n2)C1. The molecule has 30 heavy (non-hydrogen) atoms. The predicted molar refractivity (Wildman–Crippen MR) is 121 cm³/mol. The summed E-state index contributed by atoms with van der Waals surface area (Å²) in [6, 6.07) is 25.2. The Morgan fingerprint density at radius 3 is 2.43 bits per heavy atom. The lowest BCUT2D eigenvalue weighted by atomic mass is 9.79. The van der Waals surface area contributed by atoms with E-state index in [0.29, 0.717) is 0 Å². The molecule has 1 N–H and O–H groups in total. The number of carbonyl (C=O) groups is 1. The number of likely N-dealkylation sites (tertiary alicyclic amines) is 1. The van der Waals surface area contributed by atoms with Crippen LogP contribution in [0.4, 0.5) is 0 Å². The molecule has 4 nitrogen and oxygen atoms in total. The quantitative estimate of drug-likeness (QED) is 0.674. The zero-order valence-corrected chi connectivity index (χ0v) is 17.8. The first-order valence-corrected chi connectivity index (χ1v) is 10.6. The summed E-state index contributed by atoms with van der Waals surface area (Å²) in [5.41, 5.74) is 5.31. The zero-order chi connectivity index (χ0) is 21.0. The fourth-order valence-electron chi connectivity index (χ4n) is 4.52. The van der Waals surface area contributed by atoms with Crippen LogP contribution in [0.1, 0.15) is 23.4 Å². The molecule has 0 bridgehead atoms. The van der Waals surface area contributed by atoms with Crippen LogP contribution in [0.2, 0.25) is 0 Å². The van der Waals surface area contributed by atoms with Gasteiger partial charge in [-0.15, -0.1) is 0 Å². The molecule has 1 aromatic heterocycles. The van der Waals surface area contributed by atoms with Gasteiger partial charge in [-0.2, -0.15) is 0 Å². The normalized spacial score (nSPS) is 19.0. The highest BCUT2D eigenvalue weighted by Crippen LogP contribution is 2.35. The molecule has 4 heteroatoms. The number of aryl methyl sites for hydroxylation is 1. The van der Waals surface area contributed by atoms with Gasteiger partial charge in [0.15, 0.2) is 0 Å². The van der Waals surface area contributed by atoms with Crippen molar-refractivity contribution in [1.29, 1.82) is 0 Å². The van der Waals surface area contributed by atoms with Crippen LogP contribution in [-0.4, -0.2) is 35.9 Å². The summed E-state index contributed by atoms with van der Waals surface area (Å²) in [6.07, 6.45) is 1.61. The third-order valence-corrected chi connectivity index (χ3v) is 6.08. The summed E-state index contributed by atoms with van der Waals surface area (Å²) in [4.78, 5) is 19.9. The zero-order valence-electron chi connectivity index (χ0n) is 17.8. The molecule has 0 radical (unpaired) electrons. The minimum atomic E-state index is -0.396. The molecule has 1 saturated heterocycles. The summed E-state index contributed by atoms with van der Waals surface area (Å²) in [7, 11) is 1.74. The van der Waals surface area contributed by atoms with E-state index >= 15 is 0 Å². The molecule has 0 aliphatic carbocycles. The van der Waals surface area contributed by atoms with Crippen molar-refractivity contribution in [2.45, 2.75) is 26.3 Å². The van der Waals surface area contributed by atoms with Gasteiger partial charge in [0.2, 0.25) is 5.91 Å². The molecule has 1 aliphatic heterocycles. The maximum Gasteiger partial charge on any atom is 0.227 e. The molecular formula is C26H29N3O. The standard InChI is InChI=1S/C26H29N3O/c1-20-7-6-10-24(28-20)18-29-16-15-26(19-29,25(30)27-2)17-21-11-13-23(14-12-21)22-8-4-3-5-9-22/h3-14H,15-19H2,1-2H3,(H,27,30)/t26-/m0/s1. The molecule has 0 saturated carbocycles. The summed E-state index contributed by atoms with van der Waals surface area (Å²) in [5, 5.41) is 2.92. The third-order valence-electron chi connectivity index (χ3n) is 6.08. The Balaban J connectivity index is 1.50. The van der Waals surface area contributed by atoms with Crippen molar-refractivity contribution < 1.29 is 4.79 Å². The lowest BCUT2D eigenvalue weighted by Gasteiger charge is -2.28. The molecule has 3 aromatic rings. The Kier molecular flexibility index (Phi) is 5.96. The monoisotopic (exact) mass is 399 g/mol. The highest BCUT2D eigenvalue weighted by Gasteiger charge is 2.44. The Morgan fingerprint density at radius 1 is 1.00 bits per heavy atom. The predicted octanol–water partition coefficient (Wildman–Crippen LogP) is 4.24. The Hall–Kier alpha value is -2.98. The van der Waals surface area contributed by atoms with E-state index in [1.165, 1.54) is 16.7 Å². The highest BCUT2D eigenvalue weighted by molar-refractivity contribution is 5.83.